The Morgan fingerprint density at radius 1 is 0.583 bits per heavy atom. The van der Waals surface area contributed by atoms with E-state index < -0.39 is 0 Å². The molecule has 130 valence electrons. The quantitative estimate of drug-likeness (QED) is 0.683. The SMILES string of the molecule is Cc1cc(NC(C)(C)C)ccc1-c1ccc(NC(C)(C)C)cc1C. The van der Waals surface area contributed by atoms with E-state index in [-0.39, 0.29) is 11.1 Å². The number of hydrogen-bond acceptors (Lipinski definition) is 2. The minimum absolute atomic E-state index is 0.0736. The Bertz CT molecular complexity index is 652. The fourth-order valence-electron chi connectivity index (χ4n) is 2.95. The molecule has 0 atom stereocenters. The monoisotopic (exact) mass is 324 g/mol. The average molecular weight is 325 g/mol. The van der Waals surface area contributed by atoms with Crippen molar-refractivity contribution in [3.05, 3.63) is 47.5 Å². The highest BCUT2D eigenvalue weighted by atomic mass is 15.0. The van der Waals surface area contributed by atoms with Crippen LogP contribution in [0.5, 0.6) is 0 Å². The predicted octanol–water partition coefficient (Wildman–Crippen LogP) is 6.39. The van der Waals surface area contributed by atoms with E-state index in [4.69, 9.17) is 0 Å². The molecule has 0 amide bonds. The van der Waals surface area contributed by atoms with Gasteiger partial charge < -0.3 is 10.6 Å². The van der Waals surface area contributed by atoms with Gasteiger partial charge in [-0.2, -0.15) is 0 Å². The molecule has 0 bridgehead atoms. The second-order valence-electron chi connectivity index (χ2n) is 8.81. The van der Waals surface area contributed by atoms with Crippen LogP contribution in [0.15, 0.2) is 36.4 Å². The van der Waals surface area contributed by atoms with Crippen molar-refractivity contribution < 1.29 is 0 Å². The molecule has 24 heavy (non-hydrogen) atoms. The Kier molecular flexibility index (Phi) is 4.98. The Balaban J connectivity index is 2.32. The van der Waals surface area contributed by atoms with Gasteiger partial charge in [0.15, 0.2) is 0 Å². The van der Waals surface area contributed by atoms with Crippen molar-refractivity contribution in [2.45, 2.75) is 66.5 Å². The zero-order valence-corrected chi connectivity index (χ0v) is 16.5. The second-order valence-corrected chi connectivity index (χ2v) is 8.81. The fraction of sp³-hybridized carbons (Fsp3) is 0.455. The number of rotatable bonds is 3. The molecule has 0 aromatic heterocycles. The molecule has 0 saturated heterocycles. The van der Waals surface area contributed by atoms with E-state index in [1.807, 2.05) is 0 Å². The first-order chi connectivity index (χ1) is 10.9. The first kappa shape index (κ1) is 18.4. The number of nitrogens with one attached hydrogen (secondary N) is 2. The summed E-state index contributed by atoms with van der Waals surface area (Å²) >= 11 is 0. The minimum Gasteiger partial charge on any atom is -0.380 e. The lowest BCUT2D eigenvalue weighted by molar-refractivity contribution is 0.633. The highest BCUT2D eigenvalue weighted by Gasteiger charge is 2.13. The lowest BCUT2D eigenvalue weighted by atomic mass is 9.95. The molecule has 0 heterocycles. The largest absolute Gasteiger partial charge is 0.380 e. The van der Waals surface area contributed by atoms with Crippen LogP contribution in [-0.4, -0.2) is 11.1 Å². The maximum atomic E-state index is 3.54. The summed E-state index contributed by atoms with van der Waals surface area (Å²) in [7, 11) is 0. The zero-order valence-electron chi connectivity index (χ0n) is 16.5. The molecule has 0 radical (unpaired) electrons. The van der Waals surface area contributed by atoms with Gasteiger partial charge >= 0.3 is 0 Å². The lowest BCUT2D eigenvalue weighted by Gasteiger charge is -2.24. The van der Waals surface area contributed by atoms with Crippen LogP contribution >= 0.6 is 0 Å². The highest BCUT2D eigenvalue weighted by molar-refractivity contribution is 5.74. The van der Waals surface area contributed by atoms with Gasteiger partial charge in [0.2, 0.25) is 0 Å². The van der Waals surface area contributed by atoms with Crippen LogP contribution in [0, 0.1) is 13.8 Å². The Labute approximate surface area is 147 Å². The van der Waals surface area contributed by atoms with Crippen molar-refractivity contribution in [3.8, 4) is 11.1 Å². The molecule has 2 aromatic carbocycles. The topological polar surface area (TPSA) is 24.1 Å². The van der Waals surface area contributed by atoms with E-state index in [1.165, 1.54) is 33.6 Å². The number of hydrogen-bond donors (Lipinski definition) is 2. The van der Waals surface area contributed by atoms with Crippen molar-refractivity contribution in [1.82, 2.24) is 0 Å². The normalized spacial score (nSPS) is 12.2. The predicted molar refractivity (Wildman–Crippen MR) is 108 cm³/mol. The summed E-state index contributed by atoms with van der Waals surface area (Å²) in [4.78, 5) is 0. The smallest absolute Gasteiger partial charge is 0.0347 e. The fourth-order valence-corrected chi connectivity index (χ4v) is 2.95. The number of anilines is 2. The van der Waals surface area contributed by atoms with Crippen molar-refractivity contribution in [3.63, 3.8) is 0 Å². The van der Waals surface area contributed by atoms with Gasteiger partial charge in [-0.1, -0.05) is 12.1 Å². The van der Waals surface area contributed by atoms with E-state index in [0.717, 1.165) is 0 Å². The molecule has 2 N–H and O–H groups in total. The van der Waals surface area contributed by atoms with Crippen molar-refractivity contribution >= 4 is 11.4 Å². The van der Waals surface area contributed by atoms with Gasteiger partial charge in [0, 0.05) is 22.5 Å². The zero-order chi connectivity index (χ0) is 18.1. The molecule has 2 heteroatoms. The van der Waals surface area contributed by atoms with Crippen LogP contribution in [0.25, 0.3) is 11.1 Å². The molecule has 0 fully saturated rings. The molecule has 2 nitrogen and oxygen atoms in total. The summed E-state index contributed by atoms with van der Waals surface area (Å²) in [6, 6.07) is 13.3. The third-order valence-corrected chi connectivity index (χ3v) is 3.78. The summed E-state index contributed by atoms with van der Waals surface area (Å²) in [5, 5.41) is 7.08. The van der Waals surface area contributed by atoms with Crippen LogP contribution in [0.4, 0.5) is 11.4 Å². The first-order valence-corrected chi connectivity index (χ1v) is 8.73. The third kappa shape index (κ3) is 5.02. The van der Waals surface area contributed by atoms with Crippen LogP contribution in [0.2, 0.25) is 0 Å². The number of benzene rings is 2. The lowest BCUT2D eigenvalue weighted by Crippen LogP contribution is -2.26. The molecule has 0 unspecified atom stereocenters. The van der Waals surface area contributed by atoms with Crippen LogP contribution in [-0.2, 0) is 0 Å². The third-order valence-electron chi connectivity index (χ3n) is 3.78. The van der Waals surface area contributed by atoms with Gasteiger partial charge in [-0.05, 0) is 102 Å². The molecule has 2 rings (SSSR count). The summed E-state index contributed by atoms with van der Waals surface area (Å²) in [5.41, 5.74) is 7.69. The maximum Gasteiger partial charge on any atom is 0.0347 e. The summed E-state index contributed by atoms with van der Waals surface area (Å²) in [6.07, 6.45) is 0. The van der Waals surface area contributed by atoms with Gasteiger partial charge in [0.05, 0.1) is 0 Å². The van der Waals surface area contributed by atoms with E-state index in [0.29, 0.717) is 0 Å². The summed E-state index contributed by atoms with van der Waals surface area (Å²) in [5.74, 6) is 0. The average Bonchev–Trinajstić information content (AvgIpc) is 2.36. The summed E-state index contributed by atoms with van der Waals surface area (Å²) in [6.45, 7) is 17.5. The second kappa shape index (κ2) is 6.51. The molecular weight excluding hydrogens is 292 g/mol. The molecular formula is C22H32N2. The van der Waals surface area contributed by atoms with Gasteiger partial charge in [0.1, 0.15) is 0 Å². The van der Waals surface area contributed by atoms with Gasteiger partial charge in [-0.25, -0.2) is 0 Å². The molecule has 2 aromatic rings. The molecule has 0 aliphatic heterocycles. The van der Waals surface area contributed by atoms with Crippen LogP contribution in [0.1, 0.15) is 52.7 Å². The summed E-state index contributed by atoms with van der Waals surface area (Å²) < 4.78 is 0. The molecule has 0 saturated carbocycles. The van der Waals surface area contributed by atoms with Crippen LogP contribution < -0.4 is 10.6 Å². The van der Waals surface area contributed by atoms with E-state index >= 15 is 0 Å². The van der Waals surface area contributed by atoms with E-state index in [9.17, 15) is 0 Å². The van der Waals surface area contributed by atoms with Gasteiger partial charge in [-0.3, -0.25) is 0 Å². The molecule has 0 aliphatic rings. The van der Waals surface area contributed by atoms with Gasteiger partial charge in [-0.15, -0.1) is 0 Å². The highest BCUT2D eigenvalue weighted by Crippen LogP contribution is 2.31. The maximum absolute atomic E-state index is 3.54. The molecule has 0 aliphatic carbocycles. The standard InChI is InChI=1S/C22H32N2/c1-15-13-17(23-21(3,4)5)9-11-19(15)20-12-10-18(14-16(20)2)24-22(6,7)8/h9-14,23-24H,1-8H3. The van der Waals surface area contributed by atoms with E-state index in [1.54, 1.807) is 0 Å². The van der Waals surface area contributed by atoms with Crippen LogP contribution in [0.3, 0.4) is 0 Å². The van der Waals surface area contributed by atoms with Crippen molar-refractivity contribution in [2.75, 3.05) is 10.6 Å². The van der Waals surface area contributed by atoms with Crippen molar-refractivity contribution in [1.29, 1.82) is 0 Å². The molecule has 0 spiro atoms. The Morgan fingerprint density at radius 3 is 1.17 bits per heavy atom. The Morgan fingerprint density at radius 2 is 0.917 bits per heavy atom. The van der Waals surface area contributed by atoms with Gasteiger partial charge in [0.25, 0.3) is 0 Å². The Hall–Kier alpha value is -1.96. The number of aryl methyl sites for hydroxylation is 2. The van der Waals surface area contributed by atoms with Crippen molar-refractivity contribution in [2.24, 2.45) is 0 Å². The van der Waals surface area contributed by atoms with E-state index in [2.05, 4.69) is 102 Å². The minimum atomic E-state index is 0.0736. The first-order valence-electron chi connectivity index (χ1n) is 8.73.